The molecule has 1 fully saturated rings. The Bertz CT molecular complexity index is 680. The third-order valence-electron chi connectivity index (χ3n) is 3.65. The Morgan fingerprint density at radius 1 is 1.19 bits per heavy atom. The maximum atomic E-state index is 12.3. The van der Waals surface area contributed by atoms with E-state index >= 15 is 0 Å². The fourth-order valence-electron chi connectivity index (χ4n) is 2.65. The topological polar surface area (TPSA) is 105 Å². The first kappa shape index (κ1) is 19.6. The minimum absolute atomic E-state index is 0.124. The molecule has 0 aliphatic carbocycles. The van der Waals surface area contributed by atoms with Crippen molar-refractivity contribution in [3.05, 3.63) is 24.3 Å². The molecular formula is C18H24N2O6. The van der Waals surface area contributed by atoms with Gasteiger partial charge in [-0.1, -0.05) is 0 Å². The van der Waals surface area contributed by atoms with E-state index in [0.717, 1.165) is 0 Å². The molecule has 2 amide bonds. The second-order valence-corrected chi connectivity index (χ2v) is 7.17. The molecule has 26 heavy (non-hydrogen) atoms. The number of carboxylic acid groups (broad SMARTS) is 1. The van der Waals surface area contributed by atoms with Gasteiger partial charge >= 0.3 is 12.1 Å². The van der Waals surface area contributed by atoms with E-state index < -0.39 is 29.8 Å². The summed E-state index contributed by atoms with van der Waals surface area (Å²) in [5, 5.41) is 12.0. The van der Waals surface area contributed by atoms with Gasteiger partial charge in [0.15, 0.2) is 0 Å². The van der Waals surface area contributed by atoms with Crippen LogP contribution in [0.1, 0.15) is 34.1 Å². The molecule has 8 heteroatoms. The summed E-state index contributed by atoms with van der Waals surface area (Å²) in [5.74, 6) is -0.742. The molecule has 0 aromatic heterocycles. The summed E-state index contributed by atoms with van der Waals surface area (Å²) in [6.07, 6.45) is -0.964. The third kappa shape index (κ3) is 5.37. The minimum atomic E-state index is -1.09. The fourth-order valence-corrected chi connectivity index (χ4v) is 2.65. The number of amides is 2. The molecule has 0 bridgehead atoms. The maximum absolute atomic E-state index is 12.3. The Morgan fingerprint density at radius 2 is 1.81 bits per heavy atom. The summed E-state index contributed by atoms with van der Waals surface area (Å²) in [5.41, 5.74) is -0.0754. The van der Waals surface area contributed by atoms with E-state index in [1.807, 2.05) is 0 Å². The standard InChI is InChI=1S/C18H24N2O6/c1-11(21)19-12-5-7-13(8-6-12)25-14-9-15(16(22)23)20(10-14)17(24)26-18(2,3)4/h5-8,14-15H,9-10H2,1-4H3,(H,19,21)(H,22,23). The lowest BCUT2D eigenvalue weighted by molar-refractivity contribution is -0.142. The maximum Gasteiger partial charge on any atom is 0.411 e. The fraction of sp³-hybridized carbons (Fsp3) is 0.500. The van der Waals surface area contributed by atoms with E-state index in [1.54, 1.807) is 45.0 Å². The van der Waals surface area contributed by atoms with Crippen LogP contribution >= 0.6 is 0 Å². The molecule has 2 rings (SSSR count). The van der Waals surface area contributed by atoms with Crippen molar-refractivity contribution in [2.24, 2.45) is 0 Å². The zero-order valence-electron chi connectivity index (χ0n) is 15.3. The predicted molar refractivity (Wildman–Crippen MR) is 94.1 cm³/mol. The number of benzene rings is 1. The van der Waals surface area contributed by atoms with Crippen LogP contribution in [0, 0.1) is 0 Å². The number of rotatable bonds is 4. The highest BCUT2D eigenvalue weighted by molar-refractivity contribution is 5.88. The molecule has 1 aliphatic heterocycles. The first-order valence-electron chi connectivity index (χ1n) is 8.32. The molecule has 0 spiro atoms. The van der Waals surface area contributed by atoms with Gasteiger partial charge in [-0.2, -0.15) is 0 Å². The zero-order chi connectivity index (χ0) is 19.5. The van der Waals surface area contributed by atoms with Gasteiger partial charge in [0.1, 0.15) is 23.5 Å². The van der Waals surface area contributed by atoms with Crippen LogP contribution in [0.5, 0.6) is 5.75 Å². The Kier molecular flexibility index (Phi) is 5.74. The molecule has 8 nitrogen and oxygen atoms in total. The van der Waals surface area contributed by atoms with Gasteiger partial charge in [-0.3, -0.25) is 9.69 Å². The van der Waals surface area contributed by atoms with Gasteiger partial charge in [-0.25, -0.2) is 9.59 Å². The van der Waals surface area contributed by atoms with Crippen molar-refractivity contribution in [3.63, 3.8) is 0 Å². The van der Waals surface area contributed by atoms with Gasteiger partial charge in [0.05, 0.1) is 6.54 Å². The van der Waals surface area contributed by atoms with Gasteiger partial charge in [-0.05, 0) is 45.0 Å². The summed E-state index contributed by atoms with van der Waals surface area (Å²) < 4.78 is 11.1. The number of nitrogens with zero attached hydrogens (tertiary/aromatic N) is 1. The highest BCUT2D eigenvalue weighted by Crippen LogP contribution is 2.26. The molecule has 1 aromatic rings. The number of carbonyl (C=O) groups is 3. The lowest BCUT2D eigenvalue weighted by Crippen LogP contribution is -2.43. The van der Waals surface area contributed by atoms with Crippen LogP contribution in [0.2, 0.25) is 0 Å². The van der Waals surface area contributed by atoms with Gasteiger partial charge in [0, 0.05) is 19.0 Å². The van der Waals surface area contributed by atoms with Gasteiger partial charge < -0.3 is 19.9 Å². The van der Waals surface area contributed by atoms with E-state index in [0.29, 0.717) is 11.4 Å². The quantitative estimate of drug-likeness (QED) is 0.850. The number of aliphatic carboxylic acids is 1. The van der Waals surface area contributed by atoms with Crippen LogP contribution in [0.3, 0.4) is 0 Å². The number of hydrogen-bond acceptors (Lipinski definition) is 5. The van der Waals surface area contributed by atoms with Crippen LogP contribution in [-0.4, -0.2) is 52.3 Å². The number of anilines is 1. The number of nitrogens with one attached hydrogen (secondary N) is 1. The van der Waals surface area contributed by atoms with E-state index in [-0.39, 0.29) is 18.9 Å². The molecule has 2 unspecified atom stereocenters. The molecule has 0 radical (unpaired) electrons. The number of likely N-dealkylation sites (tertiary alicyclic amines) is 1. The first-order valence-corrected chi connectivity index (χ1v) is 8.32. The molecular weight excluding hydrogens is 340 g/mol. The normalized spacial score (nSPS) is 19.8. The van der Waals surface area contributed by atoms with Gasteiger partial charge in [0.2, 0.25) is 5.91 Å². The van der Waals surface area contributed by atoms with Crippen LogP contribution in [0.15, 0.2) is 24.3 Å². The molecule has 1 aromatic carbocycles. The van der Waals surface area contributed by atoms with Crippen molar-refractivity contribution >= 4 is 23.7 Å². The van der Waals surface area contributed by atoms with Crippen molar-refractivity contribution in [1.82, 2.24) is 4.90 Å². The largest absolute Gasteiger partial charge is 0.488 e. The molecule has 1 aliphatic rings. The van der Waals surface area contributed by atoms with Crippen LogP contribution in [0.25, 0.3) is 0 Å². The Morgan fingerprint density at radius 3 is 2.31 bits per heavy atom. The Balaban J connectivity index is 2.03. The summed E-state index contributed by atoms with van der Waals surface area (Å²) >= 11 is 0. The Hall–Kier alpha value is -2.77. The molecule has 2 atom stereocenters. The Labute approximate surface area is 152 Å². The summed E-state index contributed by atoms with van der Waals surface area (Å²) in [6.45, 7) is 6.71. The third-order valence-corrected chi connectivity index (χ3v) is 3.65. The number of hydrogen-bond donors (Lipinski definition) is 2. The van der Waals surface area contributed by atoms with Gasteiger partial charge in [-0.15, -0.1) is 0 Å². The van der Waals surface area contributed by atoms with Crippen molar-refractivity contribution in [1.29, 1.82) is 0 Å². The predicted octanol–water partition coefficient (Wildman–Crippen LogP) is 2.49. The van der Waals surface area contributed by atoms with Crippen LogP contribution in [-0.2, 0) is 14.3 Å². The highest BCUT2D eigenvalue weighted by Gasteiger charge is 2.42. The van der Waals surface area contributed by atoms with Crippen LogP contribution in [0.4, 0.5) is 10.5 Å². The van der Waals surface area contributed by atoms with Crippen LogP contribution < -0.4 is 10.1 Å². The second kappa shape index (κ2) is 7.63. The average molecular weight is 364 g/mol. The monoisotopic (exact) mass is 364 g/mol. The summed E-state index contributed by atoms with van der Waals surface area (Å²) in [6, 6.07) is 5.74. The molecule has 0 saturated carbocycles. The van der Waals surface area contributed by atoms with Crippen molar-refractivity contribution in [3.8, 4) is 5.75 Å². The van der Waals surface area contributed by atoms with E-state index in [9.17, 15) is 19.5 Å². The molecule has 142 valence electrons. The van der Waals surface area contributed by atoms with Crippen molar-refractivity contribution in [2.75, 3.05) is 11.9 Å². The lowest BCUT2D eigenvalue weighted by atomic mass is 10.2. The zero-order valence-corrected chi connectivity index (χ0v) is 15.3. The molecule has 1 heterocycles. The molecule has 2 N–H and O–H groups in total. The second-order valence-electron chi connectivity index (χ2n) is 7.17. The van der Waals surface area contributed by atoms with E-state index in [2.05, 4.69) is 5.32 Å². The highest BCUT2D eigenvalue weighted by atomic mass is 16.6. The number of carbonyl (C=O) groups excluding carboxylic acids is 2. The van der Waals surface area contributed by atoms with Crippen molar-refractivity contribution < 1.29 is 29.0 Å². The average Bonchev–Trinajstić information content (AvgIpc) is 2.91. The van der Waals surface area contributed by atoms with Gasteiger partial charge in [0.25, 0.3) is 0 Å². The van der Waals surface area contributed by atoms with Crippen molar-refractivity contribution in [2.45, 2.75) is 51.9 Å². The SMILES string of the molecule is CC(=O)Nc1ccc(OC2CC(C(=O)O)N(C(=O)OC(C)(C)C)C2)cc1. The minimum Gasteiger partial charge on any atom is -0.488 e. The first-order chi connectivity index (χ1) is 12.0. The smallest absolute Gasteiger partial charge is 0.411 e. The summed E-state index contributed by atoms with van der Waals surface area (Å²) in [4.78, 5) is 36.0. The van der Waals surface area contributed by atoms with E-state index in [1.165, 1.54) is 11.8 Å². The number of ether oxygens (including phenoxy) is 2. The number of carboxylic acids is 1. The molecule has 1 saturated heterocycles. The van der Waals surface area contributed by atoms with E-state index in [4.69, 9.17) is 9.47 Å². The summed E-state index contributed by atoms with van der Waals surface area (Å²) in [7, 11) is 0. The lowest BCUT2D eigenvalue weighted by Gasteiger charge is -2.26.